The van der Waals surface area contributed by atoms with Gasteiger partial charge in [0.2, 0.25) is 15.9 Å². The van der Waals surface area contributed by atoms with Gasteiger partial charge in [-0.1, -0.05) is 0 Å². The quantitative estimate of drug-likeness (QED) is 0.683. The number of hydrogen-bond donors (Lipinski definition) is 0. The zero-order valence-corrected chi connectivity index (χ0v) is 15.4. The lowest BCUT2D eigenvalue weighted by Gasteiger charge is -2.24. The van der Waals surface area contributed by atoms with E-state index < -0.39 is 16.0 Å². The van der Waals surface area contributed by atoms with Gasteiger partial charge in [-0.05, 0) is 44.0 Å². The normalized spacial score (nSPS) is 14.4. The van der Waals surface area contributed by atoms with E-state index in [1.165, 1.54) is 16.4 Å². The van der Waals surface area contributed by atoms with Crippen LogP contribution < -0.4 is 4.31 Å². The summed E-state index contributed by atoms with van der Waals surface area (Å²) in [5.41, 5.74) is 0.775. The minimum absolute atomic E-state index is 0.0331. The molecule has 1 aliphatic rings. The van der Waals surface area contributed by atoms with E-state index >= 15 is 0 Å². The number of carbonyl (C=O) groups excluding carboxylic acids is 2. The number of ether oxygens (including phenoxy) is 1. The number of likely N-dealkylation sites (tertiary alicyclic amines) is 1. The van der Waals surface area contributed by atoms with Crippen molar-refractivity contribution in [3.63, 3.8) is 0 Å². The Balaban J connectivity index is 2.09. The summed E-state index contributed by atoms with van der Waals surface area (Å²) < 4.78 is 30.3. The summed E-state index contributed by atoms with van der Waals surface area (Å²) in [6.45, 7) is 3.55. The van der Waals surface area contributed by atoms with Gasteiger partial charge in [0.25, 0.3) is 0 Å². The highest BCUT2D eigenvalue weighted by Crippen LogP contribution is 2.20. The third kappa shape index (κ3) is 5.19. The molecule has 2 rings (SSSR count). The van der Waals surface area contributed by atoms with Gasteiger partial charge in [0.15, 0.2) is 0 Å². The lowest BCUT2D eigenvalue weighted by atomic mass is 10.2. The van der Waals surface area contributed by atoms with Crippen LogP contribution in [0.5, 0.6) is 0 Å². The van der Waals surface area contributed by atoms with Gasteiger partial charge in [0.05, 0.1) is 24.1 Å². The first kappa shape index (κ1) is 19.2. The molecule has 1 aromatic carbocycles. The van der Waals surface area contributed by atoms with Crippen molar-refractivity contribution < 1.29 is 22.7 Å². The maximum atomic E-state index is 12.2. The number of hydrogen-bond acceptors (Lipinski definition) is 5. The summed E-state index contributed by atoms with van der Waals surface area (Å²) in [5.74, 6) is -0.488. The molecule has 1 amide bonds. The fourth-order valence-electron chi connectivity index (χ4n) is 2.79. The van der Waals surface area contributed by atoms with Crippen LogP contribution in [0.15, 0.2) is 24.3 Å². The van der Waals surface area contributed by atoms with Crippen LogP contribution in [0.4, 0.5) is 5.69 Å². The van der Waals surface area contributed by atoms with E-state index in [2.05, 4.69) is 0 Å². The van der Waals surface area contributed by atoms with Crippen LogP contribution in [0, 0.1) is 0 Å². The largest absolute Gasteiger partial charge is 0.462 e. The topological polar surface area (TPSA) is 84.0 Å². The lowest BCUT2D eigenvalue weighted by Crippen LogP contribution is -2.35. The maximum Gasteiger partial charge on any atom is 0.338 e. The van der Waals surface area contributed by atoms with E-state index in [1.54, 1.807) is 24.0 Å². The lowest BCUT2D eigenvalue weighted by molar-refractivity contribution is -0.129. The molecule has 7 nitrogen and oxygen atoms in total. The average molecular weight is 368 g/mol. The maximum absolute atomic E-state index is 12.2. The summed E-state index contributed by atoms with van der Waals surface area (Å²) in [6, 6.07) is 6.14. The summed E-state index contributed by atoms with van der Waals surface area (Å²) in [4.78, 5) is 25.6. The molecule has 0 unspecified atom stereocenters. The van der Waals surface area contributed by atoms with Crippen LogP contribution in [0.2, 0.25) is 0 Å². The molecule has 0 aliphatic carbocycles. The Bertz CT molecular complexity index is 709. The van der Waals surface area contributed by atoms with Crippen molar-refractivity contribution >= 4 is 27.6 Å². The van der Waals surface area contributed by atoms with E-state index in [0.717, 1.165) is 32.2 Å². The molecule has 0 atom stereocenters. The molecule has 0 N–H and O–H groups in total. The Hall–Kier alpha value is -2.09. The number of sulfonamides is 1. The minimum atomic E-state index is -3.53. The molecule has 1 heterocycles. The number of nitrogens with zero attached hydrogens (tertiary/aromatic N) is 2. The van der Waals surface area contributed by atoms with Crippen molar-refractivity contribution in [2.75, 3.05) is 36.8 Å². The Kier molecular flexibility index (Phi) is 6.41. The number of benzene rings is 1. The highest BCUT2D eigenvalue weighted by molar-refractivity contribution is 7.92. The smallest absolute Gasteiger partial charge is 0.338 e. The first-order valence-corrected chi connectivity index (χ1v) is 10.2. The number of rotatable bonds is 7. The average Bonchev–Trinajstić information content (AvgIpc) is 3.09. The number of carbonyl (C=O) groups is 2. The second-order valence-corrected chi connectivity index (χ2v) is 7.85. The molecule has 0 bridgehead atoms. The first-order chi connectivity index (χ1) is 11.8. The van der Waals surface area contributed by atoms with E-state index in [4.69, 9.17) is 4.74 Å². The van der Waals surface area contributed by atoms with Crippen molar-refractivity contribution in [1.82, 2.24) is 4.90 Å². The molecule has 1 aromatic rings. The number of amides is 1. The first-order valence-electron chi connectivity index (χ1n) is 8.35. The van der Waals surface area contributed by atoms with Crippen molar-refractivity contribution in [3.05, 3.63) is 29.8 Å². The molecule has 1 saturated heterocycles. The van der Waals surface area contributed by atoms with E-state index in [-0.39, 0.29) is 25.5 Å². The Morgan fingerprint density at radius 1 is 1.16 bits per heavy atom. The molecule has 0 aromatic heterocycles. The molecule has 0 spiro atoms. The Labute approximate surface area is 148 Å². The van der Waals surface area contributed by atoms with Crippen molar-refractivity contribution in [2.24, 2.45) is 0 Å². The molecule has 0 radical (unpaired) electrons. The van der Waals surface area contributed by atoms with Gasteiger partial charge >= 0.3 is 5.97 Å². The van der Waals surface area contributed by atoms with Gasteiger partial charge in [0, 0.05) is 26.1 Å². The monoisotopic (exact) mass is 368 g/mol. The second-order valence-electron chi connectivity index (χ2n) is 5.94. The fraction of sp³-hybridized carbons (Fsp3) is 0.529. The van der Waals surface area contributed by atoms with Crippen molar-refractivity contribution in [3.8, 4) is 0 Å². The van der Waals surface area contributed by atoms with Crippen LogP contribution in [-0.2, 0) is 19.6 Å². The third-order valence-corrected chi connectivity index (χ3v) is 5.25. The predicted molar refractivity (Wildman–Crippen MR) is 95.0 cm³/mol. The summed E-state index contributed by atoms with van der Waals surface area (Å²) in [7, 11) is -3.53. The fourth-order valence-corrected chi connectivity index (χ4v) is 3.71. The van der Waals surface area contributed by atoms with Crippen molar-refractivity contribution in [2.45, 2.75) is 26.2 Å². The molecule has 25 heavy (non-hydrogen) atoms. The Morgan fingerprint density at radius 3 is 2.28 bits per heavy atom. The zero-order chi connectivity index (χ0) is 18.4. The van der Waals surface area contributed by atoms with E-state index in [9.17, 15) is 18.0 Å². The van der Waals surface area contributed by atoms with E-state index in [0.29, 0.717) is 11.3 Å². The van der Waals surface area contributed by atoms with Gasteiger partial charge in [-0.15, -0.1) is 0 Å². The molecular formula is C17H24N2O5S. The minimum Gasteiger partial charge on any atom is -0.462 e. The highest BCUT2D eigenvalue weighted by Gasteiger charge is 2.22. The van der Waals surface area contributed by atoms with E-state index in [1.807, 2.05) is 0 Å². The molecule has 138 valence electrons. The van der Waals surface area contributed by atoms with Gasteiger partial charge in [-0.25, -0.2) is 13.2 Å². The van der Waals surface area contributed by atoms with Crippen molar-refractivity contribution in [1.29, 1.82) is 0 Å². The molecule has 1 fully saturated rings. The van der Waals surface area contributed by atoms with Crippen LogP contribution in [0.1, 0.15) is 36.5 Å². The molecule has 1 aliphatic heterocycles. The summed E-state index contributed by atoms with van der Waals surface area (Å²) in [6.07, 6.45) is 3.23. The van der Waals surface area contributed by atoms with Gasteiger partial charge in [0.1, 0.15) is 0 Å². The zero-order valence-electron chi connectivity index (χ0n) is 14.6. The second kappa shape index (κ2) is 8.33. The molecule has 0 saturated carbocycles. The molecule has 8 heteroatoms. The Morgan fingerprint density at radius 2 is 1.76 bits per heavy atom. The summed E-state index contributed by atoms with van der Waals surface area (Å²) >= 11 is 0. The molecular weight excluding hydrogens is 344 g/mol. The number of anilines is 1. The standard InChI is InChI=1S/C17H24N2O5S/c1-3-24-17(21)14-6-8-15(9-7-14)19(25(2,22)23)13-10-16(20)18-11-4-5-12-18/h6-9H,3-5,10-13H2,1-2H3. The highest BCUT2D eigenvalue weighted by atomic mass is 32.2. The van der Waals surface area contributed by atoms with Crippen LogP contribution in [-0.4, -0.2) is 57.7 Å². The van der Waals surface area contributed by atoms with Crippen LogP contribution in [0.25, 0.3) is 0 Å². The van der Waals surface area contributed by atoms with Crippen LogP contribution >= 0.6 is 0 Å². The predicted octanol–water partition coefficient (Wildman–Crippen LogP) is 1.64. The van der Waals surface area contributed by atoms with Gasteiger partial charge < -0.3 is 9.64 Å². The SMILES string of the molecule is CCOC(=O)c1ccc(N(CCC(=O)N2CCCC2)S(C)(=O)=O)cc1. The van der Waals surface area contributed by atoms with Gasteiger partial charge in [-0.2, -0.15) is 0 Å². The van der Waals surface area contributed by atoms with Gasteiger partial charge in [-0.3, -0.25) is 9.10 Å². The summed E-state index contributed by atoms with van der Waals surface area (Å²) in [5, 5.41) is 0. The number of esters is 1. The third-order valence-electron chi connectivity index (χ3n) is 4.05. The van der Waals surface area contributed by atoms with Crippen LogP contribution in [0.3, 0.4) is 0 Å².